The number of benzene rings is 2. The van der Waals surface area contributed by atoms with E-state index in [1.807, 2.05) is 0 Å². The van der Waals surface area contributed by atoms with Crippen LogP contribution in [0.2, 0.25) is 0 Å². The van der Waals surface area contributed by atoms with Crippen molar-refractivity contribution in [2.75, 3.05) is 43.9 Å². The summed E-state index contributed by atoms with van der Waals surface area (Å²) >= 11 is 0. The number of hydrogen-bond donors (Lipinski definition) is 3. The van der Waals surface area contributed by atoms with Crippen molar-refractivity contribution < 1.29 is 22.4 Å². The second-order valence-electron chi connectivity index (χ2n) is 9.57. The van der Waals surface area contributed by atoms with Gasteiger partial charge in [-0.25, -0.2) is 14.4 Å². The van der Waals surface area contributed by atoms with E-state index < -0.39 is 23.5 Å². The summed E-state index contributed by atoms with van der Waals surface area (Å²) in [6, 6.07) is 6.93. The molecule has 0 atom stereocenters. The second kappa shape index (κ2) is 12.3. The van der Waals surface area contributed by atoms with E-state index in [4.69, 9.17) is 5.73 Å². The van der Waals surface area contributed by atoms with Gasteiger partial charge in [0.15, 0.2) is 0 Å². The summed E-state index contributed by atoms with van der Waals surface area (Å²) < 4.78 is 52.9. The quantitative estimate of drug-likeness (QED) is 0.455. The van der Waals surface area contributed by atoms with Crippen LogP contribution in [0.5, 0.6) is 0 Å². The Balaban J connectivity index is 1.60. The Morgan fingerprint density at radius 3 is 2.63 bits per heavy atom. The third kappa shape index (κ3) is 7.17. The molecule has 216 valence electrons. The van der Waals surface area contributed by atoms with Crippen LogP contribution in [-0.4, -0.2) is 66.8 Å². The van der Waals surface area contributed by atoms with E-state index in [0.717, 1.165) is 44.2 Å². The number of hydrogen-bond acceptors (Lipinski definition) is 8. The van der Waals surface area contributed by atoms with Gasteiger partial charge in [-0.3, -0.25) is 9.79 Å². The topological polar surface area (TPSA) is 111 Å². The normalized spacial score (nSPS) is 18.5. The molecule has 41 heavy (non-hydrogen) atoms. The predicted octanol–water partition coefficient (Wildman–Crippen LogP) is 4.61. The Hall–Kier alpha value is -4.52. The van der Waals surface area contributed by atoms with Gasteiger partial charge in [0.2, 0.25) is 5.96 Å². The van der Waals surface area contributed by atoms with Gasteiger partial charge in [-0.05, 0) is 62.8 Å². The number of guanidine groups is 1. The SMILES string of the molecule is C=C/N=C1/C=NC(N2CCCN(C)CC2)=N/C1=C(/N)Nc1cc(C(=O)Nc2ccc(F)c(C(F)(F)F)c2)ccc1C. The van der Waals surface area contributed by atoms with Crippen molar-refractivity contribution in [2.24, 2.45) is 20.7 Å². The minimum atomic E-state index is -4.90. The van der Waals surface area contributed by atoms with Crippen molar-refractivity contribution in [3.05, 3.63) is 83.2 Å². The first-order valence-electron chi connectivity index (χ1n) is 12.8. The highest BCUT2D eigenvalue weighted by Gasteiger charge is 2.34. The Morgan fingerprint density at radius 1 is 1.12 bits per heavy atom. The van der Waals surface area contributed by atoms with E-state index in [-0.39, 0.29) is 17.1 Å². The van der Waals surface area contributed by atoms with Gasteiger partial charge >= 0.3 is 6.18 Å². The molecule has 2 aliphatic heterocycles. The number of nitrogens with one attached hydrogen (secondary N) is 2. The minimum absolute atomic E-state index is 0.136. The van der Waals surface area contributed by atoms with Gasteiger partial charge < -0.3 is 26.2 Å². The number of amides is 1. The van der Waals surface area contributed by atoms with Crippen LogP contribution in [0.25, 0.3) is 0 Å². The molecule has 9 nitrogen and oxygen atoms in total. The highest BCUT2D eigenvalue weighted by atomic mass is 19.4. The van der Waals surface area contributed by atoms with Gasteiger partial charge in [0.1, 0.15) is 23.0 Å². The number of aryl methyl sites for hydroxylation is 1. The third-order valence-electron chi connectivity index (χ3n) is 6.54. The van der Waals surface area contributed by atoms with E-state index in [1.165, 1.54) is 18.3 Å². The molecule has 0 unspecified atom stereocenters. The monoisotopic (exact) mass is 570 g/mol. The molecule has 0 spiro atoms. The van der Waals surface area contributed by atoms with Crippen molar-refractivity contribution in [3.63, 3.8) is 0 Å². The maximum atomic E-state index is 13.6. The first kappa shape index (κ1) is 29.5. The summed E-state index contributed by atoms with van der Waals surface area (Å²) in [6.45, 7) is 8.79. The van der Waals surface area contributed by atoms with Gasteiger partial charge in [0.05, 0.1) is 11.8 Å². The number of carbonyl (C=O) groups is 1. The van der Waals surface area contributed by atoms with E-state index in [2.05, 4.69) is 49.0 Å². The van der Waals surface area contributed by atoms with Crippen LogP contribution in [0, 0.1) is 12.7 Å². The second-order valence-corrected chi connectivity index (χ2v) is 9.57. The molecule has 0 radical (unpaired) electrons. The lowest BCUT2D eigenvalue weighted by molar-refractivity contribution is -0.139. The number of likely N-dealkylation sites (N-methyl/N-ethyl adjacent to an activating group) is 1. The highest BCUT2D eigenvalue weighted by molar-refractivity contribution is 6.41. The number of anilines is 2. The van der Waals surface area contributed by atoms with Crippen LogP contribution < -0.4 is 16.4 Å². The zero-order valence-electron chi connectivity index (χ0n) is 22.6. The average molecular weight is 571 g/mol. The summed E-state index contributed by atoms with van der Waals surface area (Å²) in [7, 11) is 2.06. The first-order chi connectivity index (χ1) is 19.5. The number of rotatable bonds is 5. The number of halogens is 4. The molecule has 1 amide bonds. The van der Waals surface area contributed by atoms with Gasteiger partial charge in [0, 0.05) is 42.8 Å². The highest BCUT2D eigenvalue weighted by Crippen LogP contribution is 2.33. The smallest absolute Gasteiger partial charge is 0.383 e. The Morgan fingerprint density at radius 2 is 1.90 bits per heavy atom. The van der Waals surface area contributed by atoms with Crippen LogP contribution in [0.1, 0.15) is 27.9 Å². The zero-order chi connectivity index (χ0) is 29.7. The molecule has 2 aromatic carbocycles. The fraction of sp³-hybridized carbons (Fsp3) is 0.286. The Kier molecular flexibility index (Phi) is 8.86. The lowest BCUT2D eigenvalue weighted by atomic mass is 10.1. The van der Waals surface area contributed by atoms with E-state index in [0.29, 0.717) is 35.2 Å². The zero-order valence-corrected chi connectivity index (χ0v) is 22.6. The molecule has 4 N–H and O–H groups in total. The average Bonchev–Trinajstić information content (AvgIpc) is 3.15. The number of nitrogens with zero attached hydrogens (tertiary/aromatic N) is 5. The van der Waals surface area contributed by atoms with Crippen LogP contribution in [0.4, 0.5) is 28.9 Å². The molecular weight excluding hydrogens is 540 g/mol. The Bertz CT molecular complexity index is 1460. The van der Waals surface area contributed by atoms with Gasteiger partial charge in [-0.2, -0.15) is 13.2 Å². The lowest BCUT2D eigenvalue weighted by Crippen LogP contribution is -2.36. The molecule has 1 fully saturated rings. The third-order valence-corrected chi connectivity index (χ3v) is 6.54. The molecule has 2 aliphatic rings. The molecular formula is C28H30F4N8O. The number of nitrogens with two attached hydrogens (primary N) is 1. The minimum Gasteiger partial charge on any atom is -0.383 e. The largest absolute Gasteiger partial charge is 0.419 e. The van der Waals surface area contributed by atoms with Crippen molar-refractivity contribution in [1.82, 2.24) is 9.80 Å². The number of carbonyl (C=O) groups excluding carboxylic acids is 1. The molecule has 0 aliphatic carbocycles. The summed E-state index contributed by atoms with van der Waals surface area (Å²) in [5.74, 6) is -1.47. The molecule has 0 saturated carbocycles. The predicted molar refractivity (Wildman–Crippen MR) is 153 cm³/mol. The number of aliphatic imine (C=N–C) groups is 3. The van der Waals surface area contributed by atoms with E-state index in [9.17, 15) is 22.4 Å². The summed E-state index contributed by atoms with van der Waals surface area (Å²) in [5.41, 5.74) is 6.85. The summed E-state index contributed by atoms with van der Waals surface area (Å²) in [6.07, 6.45) is -1.03. The standard InChI is InChI=1S/C28H30F4N8O/c1-4-34-23-16-35-27(40-11-5-10-39(3)12-13-40)38-24(23)25(33)37-22-14-18(7-6-17(22)2)26(41)36-19-8-9-21(29)20(15-19)28(30,31)32/h4,6-9,14-16,37H,1,5,10-13,33H2,2-3H3,(H,36,41)/b25-24-,34-23-. The fourth-order valence-corrected chi connectivity index (χ4v) is 4.28. The summed E-state index contributed by atoms with van der Waals surface area (Å²) in [5, 5.41) is 5.46. The molecule has 4 rings (SSSR count). The van der Waals surface area contributed by atoms with Gasteiger partial charge in [0.25, 0.3) is 5.91 Å². The molecule has 0 bridgehead atoms. The maximum absolute atomic E-state index is 13.6. The molecule has 0 aromatic heterocycles. The van der Waals surface area contributed by atoms with Crippen molar-refractivity contribution in [3.8, 4) is 0 Å². The molecule has 13 heteroatoms. The van der Waals surface area contributed by atoms with E-state index in [1.54, 1.807) is 19.2 Å². The van der Waals surface area contributed by atoms with Crippen LogP contribution in [0.15, 0.2) is 75.7 Å². The fourth-order valence-electron chi connectivity index (χ4n) is 4.28. The van der Waals surface area contributed by atoms with Crippen LogP contribution in [0.3, 0.4) is 0 Å². The van der Waals surface area contributed by atoms with Gasteiger partial charge in [-0.1, -0.05) is 12.6 Å². The molecule has 2 heterocycles. The maximum Gasteiger partial charge on any atom is 0.419 e. The van der Waals surface area contributed by atoms with Crippen molar-refractivity contribution in [1.29, 1.82) is 0 Å². The van der Waals surface area contributed by atoms with Crippen molar-refractivity contribution >= 4 is 35.2 Å². The lowest BCUT2D eigenvalue weighted by Gasteiger charge is -2.24. The summed E-state index contributed by atoms with van der Waals surface area (Å²) in [4.78, 5) is 30.6. The first-order valence-corrected chi connectivity index (χ1v) is 12.8. The molecule has 1 saturated heterocycles. The van der Waals surface area contributed by atoms with E-state index >= 15 is 0 Å². The van der Waals surface area contributed by atoms with Gasteiger partial charge in [-0.15, -0.1) is 0 Å². The van der Waals surface area contributed by atoms with Crippen molar-refractivity contribution in [2.45, 2.75) is 19.5 Å². The van der Waals surface area contributed by atoms with Crippen LogP contribution >= 0.6 is 0 Å². The Labute approximate surface area is 234 Å². The number of alkyl halides is 3. The number of allylic oxidation sites excluding steroid dienone is 1. The van der Waals surface area contributed by atoms with Crippen LogP contribution in [-0.2, 0) is 6.18 Å². The molecule has 2 aromatic rings.